The number of carbonyl (C=O) groups excluding carboxylic acids is 2. The third kappa shape index (κ3) is 5.41. The zero-order valence-corrected chi connectivity index (χ0v) is 15.5. The number of hydrogen-bond donors (Lipinski definition) is 3. The van der Waals surface area contributed by atoms with Crippen LogP contribution < -0.4 is 10.6 Å². The summed E-state index contributed by atoms with van der Waals surface area (Å²) in [6.07, 6.45) is 1.17. The van der Waals surface area contributed by atoms with Gasteiger partial charge in [-0.05, 0) is 36.1 Å². The summed E-state index contributed by atoms with van der Waals surface area (Å²) < 4.78 is 0. The number of benzene rings is 2. The van der Waals surface area contributed by atoms with Crippen molar-refractivity contribution in [1.29, 1.82) is 0 Å². The Morgan fingerprint density at radius 3 is 2.07 bits per heavy atom. The van der Waals surface area contributed by atoms with E-state index in [-0.39, 0.29) is 18.7 Å². The van der Waals surface area contributed by atoms with Crippen molar-refractivity contribution in [3.8, 4) is 0 Å². The molecule has 2 rings (SSSR count). The number of amides is 2. The van der Waals surface area contributed by atoms with Crippen LogP contribution in [0.25, 0.3) is 0 Å². The van der Waals surface area contributed by atoms with Crippen LogP contribution in [0.2, 0.25) is 0 Å². The minimum Gasteiger partial charge on any atom is -0.481 e. The van der Waals surface area contributed by atoms with Gasteiger partial charge in [0.25, 0.3) is 5.91 Å². The van der Waals surface area contributed by atoms with Crippen LogP contribution in [0.15, 0.2) is 42.5 Å². The molecular formula is C21H24N2O4. The molecule has 0 fully saturated rings. The lowest BCUT2D eigenvalue weighted by molar-refractivity contribution is -0.138. The fourth-order valence-electron chi connectivity index (χ4n) is 2.81. The standard InChI is InChI=1S/C21H24N2O4/c1-3-14-8-7-9-15(4-2)20(14)23-21(27)16-10-5-6-11-17(16)22-18(24)12-13-19(25)26/h5-11H,3-4,12-13H2,1-2H3,(H,22,24)(H,23,27)(H,25,26). The summed E-state index contributed by atoms with van der Waals surface area (Å²) in [4.78, 5) is 35.4. The van der Waals surface area contributed by atoms with E-state index in [9.17, 15) is 14.4 Å². The fraction of sp³-hybridized carbons (Fsp3) is 0.286. The minimum atomic E-state index is -1.04. The molecule has 142 valence electrons. The first kappa shape index (κ1) is 20.2. The summed E-state index contributed by atoms with van der Waals surface area (Å²) in [5.41, 5.74) is 3.59. The van der Waals surface area contributed by atoms with Crippen LogP contribution in [-0.2, 0) is 22.4 Å². The van der Waals surface area contributed by atoms with E-state index in [0.717, 1.165) is 29.7 Å². The Balaban J connectivity index is 2.23. The second-order valence-corrected chi connectivity index (χ2v) is 6.10. The molecule has 2 aromatic carbocycles. The molecule has 0 unspecified atom stereocenters. The maximum atomic E-state index is 12.9. The van der Waals surface area contributed by atoms with E-state index in [4.69, 9.17) is 5.11 Å². The van der Waals surface area contributed by atoms with Crippen LogP contribution in [0.5, 0.6) is 0 Å². The molecule has 3 N–H and O–H groups in total. The second kappa shape index (κ2) is 9.52. The van der Waals surface area contributed by atoms with E-state index in [1.165, 1.54) is 0 Å². The zero-order chi connectivity index (χ0) is 19.8. The van der Waals surface area contributed by atoms with Crippen LogP contribution in [0, 0.1) is 0 Å². The molecule has 0 heterocycles. The van der Waals surface area contributed by atoms with Crippen molar-refractivity contribution in [3.05, 3.63) is 59.2 Å². The van der Waals surface area contributed by atoms with Crippen molar-refractivity contribution < 1.29 is 19.5 Å². The van der Waals surface area contributed by atoms with Gasteiger partial charge in [-0.15, -0.1) is 0 Å². The lowest BCUT2D eigenvalue weighted by Crippen LogP contribution is -2.19. The Morgan fingerprint density at radius 2 is 1.48 bits per heavy atom. The molecule has 27 heavy (non-hydrogen) atoms. The summed E-state index contributed by atoms with van der Waals surface area (Å²) in [6, 6.07) is 12.6. The highest BCUT2D eigenvalue weighted by molar-refractivity contribution is 6.10. The molecule has 2 aromatic rings. The van der Waals surface area contributed by atoms with Gasteiger partial charge in [-0.25, -0.2) is 0 Å². The molecule has 0 saturated carbocycles. The maximum absolute atomic E-state index is 12.9. The third-order valence-electron chi connectivity index (χ3n) is 4.25. The predicted molar refractivity (Wildman–Crippen MR) is 105 cm³/mol. The van der Waals surface area contributed by atoms with E-state index in [0.29, 0.717) is 11.3 Å². The summed E-state index contributed by atoms with van der Waals surface area (Å²) in [5.74, 6) is -1.81. The van der Waals surface area contributed by atoms with Crippen molar-refractivity contribution in [2.75, 3.05) is 10.6 Å². The van der Waals surface area contributed by atoms with Crippen molar-refractivity contribution in [1.82, 2.24) is 0 Å². The highest BCUT2D eigenvalue weighted by Gasteiger charge is 2.16. The summed E-state index contributed by atoms with van der Waals surface area (Å²) in [7, 11) is 0. The van der Waals surface area contributed by atoms with Gasteiger partial charge in [-0.1, -0.05) is 44.2 Å². The first-order valence-corrected chi connectivity index (χ1v) is 8.99. The van der Waals surface area contributed by atoms with E-state index in [2.05, 4.69) is 10.6 Å². The fourth-order valence-corrected chi connectivity index (χ4v) is 2.81. The number of carboxylic acid groups (broad SMARTS) is 1. The van der Waals surface area contributed by atoms with E-state index >= 15 is 0 Å². The van der Waals surface area contributed by atoms with Gasteiger partial charge in [0.1, 0.15) is 0 Å². The molecule has 6 nitrogen and oxygen atoms in total. The molecule has 2 amide bonds. The second-order valence-electron chi connectivity index (χ2n) is 6.10. The number of carbonyl (C=O) groups is 3. The van der Waals surface area contributed by atoms with Gasteiger partial charge in [0.15, 0.2) is 0 Å². The van der Waals surface area contributed by atoms with Crippen LogP contribution >= 0.6 is 0 Å². The quantitative estimate of drug-likeness (QED) is 0.659. The van der Waals surface area contributed by atoms with Gasteiger partial charge in [0.05, 0.1) is 17.7 Å². The number of hydrogen-bond acceptors (Lipinski definition) is 3. The van der Waals surface area contributed by atoms with Crippen molar-refractivity contribution in [2.45, 2.75) is 39.5 Å². The van der Waals surface area contributed by atoms with Crippen LogP contribution in [0.4, 0.5) is 11.4 Å². The number of anilines is 2. The number of carboxylic acids is 1. The Kier molecular flexibility index (Phi) is 7.11. The minimum absolute atomic E-state index is 0.149. The molecule has 0 radical (unpaired) electrons. The lowest BCUT2D eigenvalue weighted by Gasteiger charge is -2.16. The van der Waals surface area contributed by atoms with Gasteiger partial charge in [0, 0.05) is 12.1 Å². The topological polar surface area (TPSA) is 95.5 Å². The molecule has 0 aromatic heterocycles. The van der Waals surface area contributed by atoms with Gasteiger partial charge in [-0.2, -0.15) is 0 Å². The molecule has 0 atom stereocenters. The Labute approximate surface area is 158 Å². The molecule has 6 heteroatoms. The SMILES string of the molecule is CCc1cccc(CC)c1NC(=O)c1ccccc1NC(=O)CCC(=O)O. The molecule has 0 aliphatic rings. The summed E-state index contributed by atoms with van der Waals surface area (Å²) in [6.45, 7) is 4.06. The van der Waals surface area contributed by atoms with Gasteiger partial charge in [0.2, 0.25) is 5.91 Å². The monoisotopic (exact) mass is 368 g/mol. The molecule has 0 aliphatic carbocycles. The number of rotatable bonds is 8. The lowest BCUT2D eigenvalue weighted by atomic mass is 10.0. The van der Waals surface area contributed by atoms with Crippen molar-refractivity contribution in [3.63, 3.8) is 0 Å². The number of para-hydroxylation sites is 2. The predicted octanol–water partition coefficient (Wildman–Crippen LogP) is 3.87. The largest absolute Gasteiger partial charge is 0.481 e. The van der Waals surface area contributed by atoms with Crippen LogP contribution in [0.3, 0.4) is 0 Å². The van der Waals surface area contributed by atoms with Crippen molar-refractivity contribution >= 4 is 29.2 Å². The Hall–Kier alpha value is -3.15. The summed E-state index contributed by atoms with van der Waals surface area (Å²) in [5, 5.41) is 14.3. The third-order valence-corrected chi connectivity index (χ3v) is 4.25. The number of aliphatic carboxylic acids is 1. The van der Waals surface area contributed by atoms with Crippen molar-refractivity contribution in [2.24, 2.45) is 0 Å². The average Bonchev–Trinajstić information content (AvgIpc) is 2.66. The summed E-state index contributed by atoms with van der Waals surface area (Å²) >= 11 is 0. The molecule has 0 aliphatic heterocycles. The average molecular weight is 368 g/mol. The van der Waals surface area contributed by atoms with E-state index in [1.54, 1.807) is 24.3 Å². The van der Waals surface area contributed by atoms with Crippen LogP contribution in [-0.4, -0.2) is 22.9 Å². The van der Waals surface area contributed by atoms with Gasteiger partial charge in [-0.3, -0.25) is 14.4 Å². The highest BCUT2D eigenvalue weighted by Crippen LogP contribution is 2.25. The number of nitrogens with one attached hydrogen (secondary N) is 2. The molecular weight excluding hydrogens is 344 g/mol. The van der Waals surface area contributed by atoms with Gasteiger partial charge >= 0.3 is 5.97 Å². The van der Waals surface area contributed by atoms with Crippen LogP contribution in [0.1, 0.15) is 48.2 Å². The van der Waals surface area contributed by atoms with E-state index in [1.807, 2.05) is 32.0 Å². The van der Waals surface area contributed by atoms with E-state index < -0.39 is 11.9 Å². The molecule has 0 saturated heterocycles. The zero-order valence-electron chi connectivity index (χ0n) is 15.5. The highest BCUT2D eigenvalue weighted by atomic mass is 16.4. The Morgan fingerprint density at radius 1 is 0.852 bits per heavy atom. The first-order valence-electron chi connectivity index (χ1n) is 8.99. The normalized spacial score (nSPS) is 10.3. The molecule has 0 bridgehead atoms. The smallest absolute Gasteiger partial charge is 0.303 e. The maximum Gasteiger partial charge on any atom is 0.303 e. The number of aryl methyl sites for hydroxylation is 2. The van der Waals surface area contributed by atoms with Gasteiger partial charge < -0.3 is 15.7 Å². The Bertz CT molecular complexity index is 824. The first-order chi connectivity index (χ1) is 13.0. The molecule has 0 spiro atoms.